The molecule has 0 bridgehead atoms. The number of aliphatic hydroxyl groups excluding tert-OH is 1. The summed E-state index contributed by atoms with van der Waals surface area (Å²) in [5.74, 6) is 0.732. The third kappa shape index (κ3) is 3.28. The van der Waals surface area contributed by atoms with Gasteiger partial charge in [0.2, 0.25) is 5.91 Å². The summed E-state index contributed by atoms with van der Waals surface area (Å²) >= 11 is 6.15. The molecule has 3 heterocycles. The number of hydrogen-bond acceptors (Lipinski definition) is 5. The van der Waals surface area contributed by atoms with Crippen molar-refractivity contribution in [2.45, 2.75) is 31.0 Å². The Bertz CT molecular complexity index is 527. The van der Waals surface area contributed by atoms with E-state index in [1.807, 2.05) is 6.07 Å². The third-order valence-corrected chi connectivity index (χ3v) is 4.29. The van der Waals surface area contributed by atoms with Gasteiger partial charge in [0.05, 0.1) is 17.2 Å². The van der Waals surface area contributed by atoms with Crippen LogP contribution in [0.4, 0.5) is 5.82 Å². The number of amides is 1. The quantitative estimate of drug-likeness (QED) is 0.741. The van der Waals surface area contributed by atoms with Gasteiger partial charge >= 0.3 is 0 Å². The number of aromatic nitrogens is 1. The lowest BCUT2D eigenvalue weighted by Gasteiger charge is -2.20. The minimum absolute atomic E-state index is 0.0366. The normalized spacial score (nSPS) is 28.9. The summed E-state index contributed by atoms with van der Waals surface area (Å²) in [6.07, 6.45) is 2.65. The topological polar surface area (TPSA) is 77.5 Å². The zero-order chi connectivity index (χ0) is 14.8. The smallest absolute Gasteiger partial charge is 0.237 e. The third-order valence-electron chi connectivity index (χ3n) is 4.00. The van der Waals surface area contributed by atoms with Gasteiger partial charge in [-0.15, -0.1) is 0 Å². The number of nitrogens with one attached hydrogen (secondary N) is 2. The van der Waals surface area contributed by atoms with Gasteiger partial charge < -0.3 is 20.6 Å². The molecule has 0 radical (unpaired) electrons. The number of carbonyl (C=O) groups is 1. The number of halogens is 1. The highest BCUT2D eigenvalue weighted by Gasteiger charge is 2.31. The van der Waals surface area contributed by atoms with E-state index in [4.69, 9.17) is 11.6 Å². The molecule has 0 spiro atoms. The fourth-order valence-electron chi connectivity index (χ4n) is 2.90. The Labute approximate surface area is 128 Å². The van der Waals surface area contributed by atoms with Crippen LogP contribution in [-0.2, 0) is 4.79 Å². The number of aliphatic hydroxyl groups is 1. The molecular formula is C14H19ClN4O2. The monoisotopic (exact) mass is 310 g/mol. The summed E-state index contributed by atoms with van der Waals surface area (Å²) in [5, 5.41) is 16.1. The largest absolute Gasteiger partial charge is 0.392 e. The molecule has 6 nitrogen and oxygen atoms in total. The summed E-state index contributed by atoms with van der Waals surface area (Å²) in [4.78, 5) is 18.5. The van der Waals surface area contributed by atoms with Crippen LogP contribution in [0.5, 0.6) is 0 Å². The van der Waals surface area contributed by atoms with E-state index >= 15 is 0 Å². The summed E-state index contributed by atoms with van der Waals surface area (Å²) in [7, 11) is 0. The van der Waals surface area contributed by atoms with Gasteiger partial charge in [0.25, 0.3) is 0 Å². The van der Waals surface area contributed by atoms with Crippen LogP contribution in [0.2, 0.25) is 5.02 Å². The van der Waals surface area contributed by atoms with Gasteiger partial charge in [-0.2, -0.15) is 0 Å². The molecular weight excluding hydrogens is 292 g/mol. The molecule has 7 heteroatoms. The van der Waals surface area contributed by atoms with Gasteiger partial charge in [0.1, 0.15) is 5.82 Å². The minimum Gasteiger partial charge on any atom is -0.392 e. The van der Waals surface area contributed by atoms with Crippen LogP contribution >= 0.6 is 11.6 Å². The SMILES string of the molecule is O=C(N[C@@H]1CCN(c2ncccc2Cl)C1)[C@H]1C[C@@H](O)CN1. The van der Waals surface area contributed by atoms with E-state index in [-0.39, 0.29) is 18.0 Å². The predicted molar refractivity (Wildman–Crippen MR) is 80.4 cm³/mol. The molecule has 2 aliphatic rings. The first-order valence-electron chi connectivity index (χ1n) is 7.21. The van der Waals surface area contributed by atoms with Crippen LogP contribution in [0, 0.1) is 0 Å². The van der Waals surface area contributed by atoms with Crippen molar-refractivity contribution in [3.63, 3.8) is 0 Å². The molecule has 3 N–H and O–H groups in total. The lowest BCUT2D eigenvalue weighted by molar-refractivity contribution is -0.123. The fraction of sp³-hybridized carbons (Fsp3) is 0.571. The van der Waals surface area contributed by atoms with Crippen molar-refractivity contribution >= 4 is 23.3 Å². The van der Waals surface area contributed by atoms with Crippen LogP contribution in [0.15, 0.2) is 18.3 Å². The summed E-state index contributed by atoms with van der Waals surface area (Å²) in [5.41, 5.74) is 0. The first-order chi connectivity index (χ1) is 10.1. The van der Waals surface area contributed by atoms with Crippen LogP contribution in [0.25, 0.3) is 0 Å². The zero-order valence-corrected chi connectivity index (χ0v) is 12.4. The van der Waals surface area contributed by atoms with E-state index in [9.17, 15) is 9.90 Å². The molecule has 0 aliphatic carbocycles. The van der Waals surface area contributed by atoms with E-state index in [1.54, 1.807) is 12.3 Å². The van der Waals surface area contributed by atoms with Crippen molar-refractivity contribution in [2.75, 3.05) is 24.5 Å². The molecule has 3 rings (SSSR count). The Morgan fingerprint density at radius 3 is 3.14 bits per heavy atom. The van der Waals surface area contributed by atoms with E-state index in [0.29, 0.717) is 24.5 Å². The maximum atomic E-state index is 12.1. The first-order valence-corrected chi connectivity index (χ1v) is 7.58. The van der Waals surface area contributed by atoms with Gasteiger partial charge in [0, 0.05) is 31.9 Å². The molecule has 0 unspecified atom stereocenters. The van der Waals surface area contributed by atoms with E-state index < -0.39 is 6.10 Å². The molecule has 1 amide bonds. The Balaban J connectivity index is 1.55. The van der Waals surface area contributed by atoms with Gasteiger partial charge in [-0.25, -0.2) is 4.98 Å². The molecule has 0 saturated carbocycles. The lowest BCUT2D eigenvalue weighted by atomic mass is 10.1. The Morgan fingerprint density at radius 2 is 2.43 bits per heavy atom. The van der Waals surface area contributed by atoms with Crippen LogP contribution < -0.4 is 15.5 Å². The van der Waals surface area contributed by atoms with Crippen LogP contribution in [0.3, 0.4) is 0 Å². The highest BCUT2D eigenvalue weighted by molar-refractivity contribution is 6.32. The summed E-state index contributed by atoms with van der Waals surface area (Å²) in [6.45, 7) is 2.01. The molecule has 1 aromatic heterocycles. The predicted octanol–water partition coefficient (Wildman–Crippen LogP) is 0.153. The molecule has 2 aliphatic heterocycles. The average Bonchev–Trinajstić information content (AvgIpc) is 3.08. The number of β-amino-alcohol motifs (C(OH)–C–C–N with tert-alkyl or cyclic N) is 1. The fourth-order valence-corrected chi connectivity index (χ4v) is 3.14. The van der Waals surface area contributed by atoms with Gasteiger partial charge in [-0.1, -0.05) is 11.6 Å². The number of carbonyl (C=O) groups excluding carboxylic acids is 1. The molecule has 1 aromatic rings. The first kappa shape index (κ1) is 14.6. The zero-order valence-electron chi connectivity index (χ0n) is 11.6. The highest BCUT2D eigenvalue weighted by atomic mass is 35.5. The van der Waals surface area contributed by atoms with E-state index in [2.05, 4.69) is 20.5 Å². The number of nitrogens with zero attached hydrogens (tertiary/aromatic N) is 2. The Hall–Kier alpha value is -1.37. The molecule has 2 fully saturated rings. The van der Waals surface area contributed by atoms with Crippen molar-refractivity contribution < 1.29 is 9.90 Å². The molecule has 3 atom stereocenters. The second-order valence-electron chi connectivity index (χ2n) is 5.60. The minimum atomic E-state index is -0.423. The summed E-state index contributed by atoms with van der Waals surface area (Å²) in [6, 6.07) is 3.43. The van der Waals surface area contributed by atoms with Crippen molar-refractivity contribution in [1.29, 1.82) is 0 Å². The van der Waals surface area contributed by atoms with Crippen molar-refractivity contribution in [3.05, 3.63) is 23.4 Å². The second kappa shape index (κ2) is 6.17. The average molecular weight is 311 g/mol. The molecule has 2 saturated heterocycles. The van der Waals surface area contributed by atoms with Gasteiger partial charge in [-0.3, -0.25) is 4.79 Å². The summed E-state index contributed by atoms with van der Waals surface area (Å²) < 4.78 is 0. The molecule has 0 aromatic carbocycles. The maximum absolute atomic E-state index is 12.1. The van der Waals surface area contributed by atoms with Crippen molar-refractivity contribution in [1.82, 2.24) is 15.6 Å². The molecule has 21 heavy (non-hydrogen) atoms. The van der Waals surface area contributed by atoms with E-state index in [1.165, 1.54) is 0 Å². The lowest BCUT2D eigenvalue weighted by Crippen LogP contribution is -2.46. The van der Waals surface area contributed by atoms with Crippen LogP contribution in [0.1, 0.15) is 12.8 Å². The second-order valence-corrected chi connectivity index (χ2v) is 6.01. The standard InChI is InChI=1S/C14H19ClN4O2/c15-11-2-1-4-16-13(11)19-5-3-9(8-19)18-14(21)12-6-10(20)7-17-12/h1-2,4,9-10,12,17,20H,3,5-8H2,(H,18,21)/t9-,10-,12-/m1/s1. The number of pyridine rings is 1. The van der Waals surface area contributed by atoms with E-state index in [0.717, 1.165) is 18.8 Å². The number of rotatable bonds is 3. The van der Waals surface area contributed by atoms with Crippen molar-refractivity contribution in [2.24, 2.45) is 0 Å². The van der Waals surface area contributed by atoms with Crippen molar-refractivity contribution in [3.8, 4) is 0 Å². The van der Waals surface area contributed by atoms with Gasteiger partial charge in [0.15, 0.2) is 0 Å². The Kier molecular flexibility index (Phi) is 4.28. The van der Waals surface area contributed by atoms with Crippen LogP contribution in [-0.4, -0.2) is 53.8 Å². The maximum Gasteiger partial charge on any atom is 0.237 e. The van der Waals surface area contributed by atoms with Gasteiger partial charge in [-0.05, 0) is 25.0 Å². The highest BCUT2D eigenvalue weighted by Crippen LogP contribution is 2.25. The number of anilines is 1. The molecule has 114 valence electrons. The number of hydrogen-bond donors (Lipinski definition) is 3. The Morgan fingerprint density at radius 1 is 1.57 bits per heavy atom.